The molecule has 0 aliphatic heterocycles. The van der Waals surface area contributed by atoms with Gasteiger partial charge in [0.1, 0.15) is 0 Å². The second kappa shape index (κ2) is 6.61. The van der Waals surface area contributed by atoms with E-state index in [2.05, 4.69) is 54.5 Å². The quantitative estimate of drug-likeness (QED) is 0.405. The van der Waals surface area contributed by atoms with Crippen LogP contribution < -0.4 is 0 Å². The van der Waals surface area contributed by atoms with Crippen LogP contribution in [0.5, 0.6) is 0 Å². The summed E-state index contributed by atoms with van der Waals surface area (Å²) in [7, 11) is 0. The molecule has 1 heteroatoms. The third-order valence-electron chi connectivity index (χ3n) is 12.8. The predicted molar refractivity (Wildman–Crippen MR) is 126 cm³/mol. The van der Waals surface area contributed by atoms with Crippen LogP contribution in [0.4, 0.5) is 0 Å². The summed E-state index contributed by atoms with van der Waals surface area (Å²) in [5.74, 6) is 4.97. The molecule has 0 spiro atoms. The summed E-state index contributed by atoms with van der Waals surface area (Å²) in [6.07, 6.45) is 14.7. The minimum Gasteiger partial charge on any atom is -0.393 e. The molecule has 4 saturated carbocycles. The van der Waals surface area contributed by atoms with E-state index in [1.54, 1.807) is 0 Å². The lowest BCUT2D eigenvalue weighted by Gasteiger charge is -2.70. The molecule has 0 saturated heterocycles. The van der Waals surface area contributed by atoms with Crippen LogP contribution in [0.1, 0.15) is 106 Å². The third kappa shape index (κ3) is 2.51. The summed E-state index contributed by atoms with van der Waals surface area (Å²) in [5, 5.41) is 10.9. The summed E-state index contributed by atoms with van der Waals surface area (Å²) in [6.45, 7) is 17.9. The fourth-order valence-electron chi connectivity index (χ4n) is 10.5. The lowest BCUT2D eigenvalue weighted by atomic mass is 9.34. The maximum absolute atomic E-state index is 10.9. The van der Waals surface area contributed by atoms with Gasteiger partial charge < -0.3 is 5.11 Å². The second-order valence-electron chi connectivity index (χ2n) is 13.9. The fourth-order valence-corrected chi connectivity index (χ4v) is 10.5. The van der Waals surface area contributed by atoms with Crippen LogP contribution in [0.2, 0.25) is 0 Å². The average molecular weight is 413 g/mol. The Hall–Kier alpha value is -0.300. The molecule has 0 aromatic heterocycles. The van der Waals surface area contributed by atoms with Gasteiger partial charge in [-0.05, 0) is 109 Å². The SMILES string of the molecule is C[C@@H]1[C@H]2C3=CC[C@H]4[C@@]5(C)CC[C@H](O)C(C)(C)[C@@H]5CC[C@@]4(C)[C@]3(C)CC[C@H]2CC[C@H]1C. The summed E-state index contributed by atoms with van der Waals surface area (Å²) in [5.41, 5.74) is 3.14. The zero-order valence-electron chi connectivity index (χ0n) is 20.9. The maximum Gasteiger partial charge on any atom is 0.0594 e. The molecule has 5 aliphatic rings. The van der Waals surface area contributed by atoms with Gasteiger partial charge >= 0.3 is 0 Å². The van der Waals surface area contributed by atoms with E-state index in [1.807, 2.05) is 5.57 Å². The van der Waals surface area contributed by atoms with Crippen LogP contribution >= 0.6 is 0 Å². The van der Waals surface area contributed by atoms with Gasteiger partial charge in [0.25, 0.3) is 0 Å². The molecule has 1 nitrogen and oxygen atoms in total. The summed E-state index contributed by atoms with van der Waals surface area (Å²) < 4.78 is 0. The summed E-state index contributed by atoms with van der Waals surface area (Å²) in [6, 6.07) is 0. The van der Waals surface area contributed by atoms with Crippen LogP contribution in [-0.2, 0) is 0 Å². The smallest absolute Gasteiger partial charge is 0.0594 e. The number of aliphatic hydroxyl groups is 1. The average Bonchev–Trinajstić information content (AvgIpc) is 2.68. The van der Waals surface area contributed by atoms with Crippen molar-refractivity contribution in [2.75, 3.05) is 0 Å². The first-order chi connectivity index (χ1) is 14.0. The zero-order chi connectivity index (χ0) is 21.7. The molecular weight excluding hydrogens is 364 g/mol. The Bertz CT molecular complexity index is 733. The van der Waals surface area contributed by atoms with Gasteiger partial charge in [-0.25, -0.2) is 0 Å². The van der Waals surface area contributed by atoms with Gasteiger partial charge in [0.2, 0.25) is 0 Å². The monoisotopic (exact) mass is 412 g/mol. The second-order valence-corrected chi connectivity index (χ2v) is 13.9. The number of aliphatic hydroxyl groups excluding tert-OH is 1. The van der Waals surface area contributed by atoms with E-state index < -0.39 is 0 Å². The van der Waals surface area contributed by atoms with Crippen molar-refractivity contribution in [3.63, 3.8) is 0 Å². The Morgan fingerprint density at radius 2 is 1.57 bits per heavy atom. The number of hydrogen-bond acceptors (Lipinski definition) is 1. The summed E-state index contributed by atoms with van der Waals surface area (Å²) in [4.78, 5) is 0. The van der Waals surface area contributed by atoms with Crippen molar-refractivity contribution in [2.24, 2.45) is 57.2 Å². The maximum atomic E-state index is 10.9. The van der Waals surface area contributed by atoms with Crippen LogP contribution in [0.3, 0.4) is 0 Å². The predicted octanol–water partition coefficient (Wildman–Crippen LogP) is 7.63. The summed E-state index contributed by atoms with van der Waals surface area (Å²) >= 11 is 0. The highest BCUT2D eigenvalue weighted by atomic mass is 16.3. The molecule has 5 rings (SSSR count). The van der Waals surface area contributed by atoms with E-state index in [4.69, 9.17) is 0 Å². The Morgan fingerprint density at radius 1 is 0.833 bits per heavy atom. The molecule has 4 fully saturated rings. The zero-order valence-corrected chi connectivity index (χ0v) is 20.9. The Kier molecular flexibility index (Phi) is 4.75. The molecule has 1 N–H and O–H groups in total. The first-order valence-corrected chi connectivity index (χ1v) is 13.4. The number of fused-ring (bicyclic) bond motifs is 7. The first-order valence-electron chi connectivity index (χ1n) is 13.4. The van der Waals surface area contributed by atoms with Crippen LogP contribution in [0.15, 0.2) is 11.6 Å². The molecule has 5 aliphatic carbocycles. The van der Waals surface area contributed by atoms with E-state index >= 15 is 0 Å². The Balaban J connectivity index is 1.57. The van der Waals surface area contributed by atoms with Gasteiger partial charge in [0.15, 0.2) is 0 Å². The molecule has 30 heavy (non-hydrogen) atoms. The number of allylic oxidation sites excluding steroid dienone is 2. The molecule has 170 valence electrons. The van der Waals surface area contributed by atoms with Crippen molar-refractivity contribution in [1.82, 2.24) is 0 Å². The first kappa shape index (κ1) is 21.5. The minimum atomic E-state index is -0.120. The van der Waals surface area contributed by atoms with Crippen molar-refractivity contribution in [1.29, 1.82) is 0 Å². The standard InChI is InChI=1S/C29H48O/c1-18-8-9-20-12-16-28(6)21(25(20)19(18)2)10-11-23-27(5)15-14-24(30)26(3,4)22(27)13-17-29(23,28)7/h10,18-20,22-25,30H,8-9,11-17H2,1-7H3/t18-,19+,20-,22+,23+,24+,25-,27+,28-,29-/m1/s1. The van der Waals surface area contributed by atoms with E-state index in [1.165, 1.54) is 51.4 Å². The Labute approximate surface area is 186 Å². The Morgan fingerprint density at radius 3 is 2.30 bits per heavy atom. The molecule has 0 bridgehead atoms. The van der Waals surface area contributed by atoms with E-state index in [0.29, 0.717) is 22.2 Å². The number of rotatable bonds is 0. The van der Waals surface area contributed by atoms with Crippen LogP contribution in [0, 0.1) is 57.2 Å². The van der Waals surface area contributed by atoms with E-state index in [0.717, 1.165) is 36.0 Å². The van der Waals surface area contributed by atoms with Crippen molar-refractivity contribution >= 4 is 0 Å². The lowest BCUT2D eigenvalue weighted by Crippen LogP contribution is -2.64. The lowest BCUT2D eigenvalue weighted by molar-refractivity contribution is -0.200. The van der Waals surface area contributed by atoms with Crippen LogP contribution in [0.25, 0.3) is 0 Å². The van der Waals surface area contributed by atoms with Crippen molar-refractivity contribution in [3.8, 4) is 0 Å². The highest BCUT2D eigenvalue weighted by Crippen LogP contribution is 2.74. The van der Waals surface area contributed by atoms with Gasteiger partial charge in [0, 0.05) is 0 Å². The van der Waals surface area contributed by atoms with Crippen molar-refractivity contribution < 1.29 is 5.11 Å². The molecule has 0 heterocycles. The normalized spacial score (nSPS) is 57.3. The third-order valence-corrected chi connectivity index (χ3v) is 12.8. The fraction of sp³-hybridized carbons (Fsp3) is 0.931. The molecule has 0 unspecified atom stereocenters. The van der Waals surface area contributed by atoms with Gasteiger partial charge in [-0.15, -0.1) is 0 Å². The molecular formula is C29H48O. The minimum absolute atomic E-state index is 0.0597. The highest BCUT2D eigenvalue weighted by Gasteiger charge is 2.66. The number of hydrogen-bond donors (Lipinski definition) is 1. The molecule has 0 aromatic carbocycles. The molecule has 0 aromatic rings. The highest BCUT2D eigenvalue weighted by molar-refractivity contribution is 5.32. The van der Waals surface area contributed by atoms with Crippen molar-refractivity contribution in [3.05, 3.63) is 11.6 Å². The van der Waals surface area contributed by atoms with Gasteiger partial charge in [-0.3, -0.25) is 0 Å². The van der Waals surface area contributed by atoms with Crippen molar-refractivity contribution in [2.45, 2.75) is 112 Å². The van der Waals surface area contributed by atoms with Crippen LogP contribution in [-0.4, -0.2) is 11.2 Å². The largest absolute Gasteiger partial charge is 0.393 e. The van der Waals surface area contributed by atoms with E-state index in [-0.39, 0.29) is 11.5 Å². The molecule has 0 amide bonds. The van der Waals surface area contributed by atoms with Gasteiger partial charge in [0.05, 0.1) is 6.10 Å². The van der Waals surface area contributed by atoms with Gasteiger partial charge in [-0.2, -0.15) is 0 Å². The molecule has 10 atom stereocenters. The molecule has 0 radical (unpaired) electrons. The van der Waals surface area contributed by atoms with E-state index in [9.17, 15) is 5.11 Å². The van der Waals surface area contributed by atoms with Gasteiger partial charge in [-0.1, -0.05) is 66.5 Å². The topological polar surface area (TPSA) is 20.2 Å².